The van der Waals surface area contributed by atoms with Gasteiger partial charge in [-0.1, -0.05) is 25.4 Å². The first kappa shape index (κ1) is 18.5. The predicted molar refractivity (Wildman–Crippen MR) is 86.1 cm³/mol. The van der Waals surface area contributed by atoms with Crippen LogP contribution in [-0.2, 0) is 14.3 Å². The molecule has 0 aliphatic rings. The molecule has 0 aromatic heterocycles. The summed E-state index contributed by atoms with van der Waals surface area (Å²) in [5, 5.41) is 0.597. The zero-order chi connectivity index (χ0) is 16.7. The predicted octanol–water partition coefficient (Wildman–Crippen LogP) is 4.31. The molecule has 0 radical (unpaired) electrons. The lowest BCUT2D eigenvalue weighted by atomic mass is 10.1. The third-order valence-electron chi connectivity index (χ3n) is 3.38. The second-order valence-corrected chi connectivity index (χ2v) is 6.11. The largest absolute Gasteiger partial charge is 0.462 e. The van der Waals surface area contributed by atoms with Crippen molar-refractivity contribution in [2.24, 2.45) is 5.92 Å². The summed E-state index contributed by atoms with van der Waals surface area (Å²) in [5.41, 5.74) is 0.797. The molecular formula is C17H23ClO4. The summed E-state index contributed by atoms with van der Waals surface area (Å²) >= 11 is 5.84. The van der Waals surface area contributed by atoms with Crippen molar-refractivity contribution in [3.8, 4) is 5.75 Å². The van der Waals surface area contributed by atoms with E-state index in [1.54, 1.807) is 18.2 Å². The Morgan fingerprint density at radius 1 is 1.14 bits per heavy atom. The Labute approximate surface area is 136 Å². The van der Waals surface area contributed by atoms with E-state index in [1.165, 1.54) is 0 Å². The van der Waals surface area contributed by atoms with Crippen LogP contribution < -0.4 is 4.74 Å². The standard InChI is InChI=1S/C17H23ClO4/c1-11(2)13(4)21-16(19)6-5-7-17(20)22-15-9-8-14(18)10-12(15)3/h8-11,13H,5-7H2,1-4H3. The summed E-state index contributed by atoms with van der Waals surface area (Å²) < 4.78 is 10.5. The summed E-state index contributed by atoms with van der Waals surface area (Å²) in [4.78, 5) is 23.4. The van der Waals surface area contributed by atoms with Gasteiger partial charge in [-0.05, 0) is 49.9 Å². The minimum Gasteiger partial charge on any atom is -0.462 e. The van der Waals surface area contributed by atoms with Crippen LogP contribution in [0.3, 0.4) is 0 Å². The highest BCUT2D eigenvalue weighted by Gasteiger charge is 2.14. The van der Waals surface area contributed by atoms with Gasteiger partial charge in [-0.25, -0.2) is 0 Å². The average molecular weight is 327 g/mol. The van der Waals surface area contributed by atoms with Crippen molar-refractivity contribution in [2.45, 2.75) is 53.1 Å². The van der Waals surface area contributed by atoms with Gasteiger partial charge in [0.25, 0.3) is 0 Å². The van der Waals surface area contributed by atoms with Gasteiger partial charge in [-0.15, -0.1) is 0 Å². The third kappa shape index (κ3) is 6.48. The van der Waals surface area contributed by atoms with Crippen LogP contribution >= 0.6 is 11.6 Å². The molecule has 1 unspecified atom stereocenters. The fraction of sp³-hybridized carbons (Fsp3) is 0.529. The first-order chi connectivity index (χ1) is 10.3. The Bertz CT molecular complexity index is 525. The minimum absolute atomic E-state index is 0.115. The van der Waals surface area contributed by atoms with Crippen molar-refractivity contribution in [2.75, 3.05) is 0 Å². The Morgan fingerprint density at radius 3 is 2.36 bits per heavy atom. The van der Waals surface area contributed by atoms with Crippen molar-refractivity contribution in [1.29, 1.82) is 0 Å². The van der Waals surface area contributed by atoms with Crippen LogP contribution in [0.15, 0.2) is 18.2 Å². The Balaban J connectivity index is 2.33. The number of carbonyl (C=O) groups excluding carboxylic acids is 2. The molecule has 0 amide bonds. The van der Waals surface area contributed by atoms with E-state index in [0.29, 0.717) is 17.2 Å². The van der Waals surface area contributed by atoms with Crippen LogP contribution in [-0.4, -0.2) is 18.0 Å². The lowest BCUT2D eigenvalue weighted by molar-refractivity contribution is -0.150. The van der Waals surface area contributed by atoms with E-state index in [1.807, 2.05) is 27.7 Å². The number of rotatable bonds is 7. The smallest absolute Gasteiger partial charge is 0.311 e. The average Bonchev–Trinajstić information content (AvgIpc) is 2.41. The van der Waals surface area contributed by atoms with Crippen LogP contribution in [0.4, 0.5) is 0 Å². The molecular weight excluding hydrogens is 304 g/mol. The second kappa shape index (κ2) is 8.79. The number of hydrogen-bond donors (Lipinski definition) is 0. The first-order valence-electron chi connectivity index (χ1n) is 7.46. The number of ether oxygens (including phenoxy) is 2. The molecule has 0 N–H and O–H groups in total. The van der Waals surface area contributed by atoms with Gasteiger partial charge in [0.1, 0.15) is 11.9 Å². The van der Waals surface area contributed by atoms with E-state index in [2.05, 4.69) is 0 Å². The fourth-order valence-corrected chi connectivity index (χ4v) is 1.91. The molecule has 0 saturated heterocycles. The van der Waals surface area contributed by atoms with Crippen molar-refractivity contribution >= 4 is 23.5 Å². The topological polar surface area (TPSA) is 52.6 Å². The highest BCUT2D eigenvalue weighted by atomic mass is 35.5. The number of halogens is 1. The van der Waals surface area contributed by atoms with E-state index in [4.69, 9.17) is 21.1 Å². The van der Waals surface area contributed by atoms with Gasteiger partial charge < -0.3 is 9.47 Å². The second-order valence-electron chi connectivity index (χ2n) is 5.68. The SMILES string of the molecule is Cc1cc(Cl)ccc1OC(=O)CCCC(=O)OC(C)C(C)C. The third-order valence-corrected chi connectivity index (χ3v) is 3.61. The normalized spacial score (nSPS) is 12.1. The molecule has 0 aliphatic carbocycles. The van der Waals surface area contributed by atoms with Crippen LogP contribution in [0.2, 0.25) is 5.02 Å². The van der Waals surface area contributed by atoms with E-state index in [0.717, 1.165) is 5.56 Å². The monoisotopic (exact) mass is 326 g/mol. The number of benzene rings is 1. The summed E-state index contributed by atoms with van der Waals surface area (Å²) in [5.74, 6) is 0.124. The van der Waals surface area contributed by atoms with Gasteiger partial charge in [0.2, 0.25) is 0 Å². The van der Waals surface area contributed by atoms with Crippen LogP contribution in [0.1, 0.15) is 45.6 Å². The number of hydrogen-bond acceptors (Lipinski definition) is 4. The van der Waals surface area contributed by atoms with Crippen molar-refractivity contribution in [3.05, 3.63) is 28.8 Å². The molecule has 5 heteroatoms. The lowest BCUT2D eigenvalue weighted by Gasteiger charge is -2.16. The number of esters is 2. The van der Waals surface area contributed by atoms with Crippen LogP contribution in [0, 0.1) is 12.8 Å². The maximum Gasteiger partial charge on any atom is 0.311 e. The molecule has 0 saturated carbocycles. The Hall–Kier alpha value is -1.55. The van der Waals surface area contributed by atoms with Crippen LogP contribution in [0.5, 0.6) is 5.75 Å². The molecule has 0 bridgehead atoms. The Morgan fingerprint density at radius 2 is 1.77 bits per heavy atom. The molecule has 1 rings (SSSR count). The highest BCUT2D eigenvalue weighted by Crippen LogP contribution is 2.22. The number of carbonyl (C=O) groups is 2. The van der Waals surface area contributed by atoms with Gasteiger partial charge in [0.05, 0.1) is 0 Å². The van der Waals surface area contributed by atoms with Gasteiger partial charge in [-0.3, -0.25) is 9.59 Å². The molecule has 1 aromatic rings. The van der Waals surface area contributed by atoms with E-state index < -0.39 is 0 Å². The van der Waals surface area contributed by atoms with Gasteiger partial charge >= 0.3 is 11.9 Å². The quantitative estimate of drug-likeness (QED) is 0.553. The molecule has 0 fully saturated rings. The molecule has 22 heavy (non-hydrogen) atoms. The van der Waals surface area contributed by atoms with E-state index in [-0.39, 0.29) is 36.8 Å². The van der Waals surface area contributed by atoms with Crippen molar-refractivity contribution in [1.82, 2.24) is 0 Å². The number of aryl methyl sites for hydroxylation is 1. The minimum atomic E-state index is -0.366. The van der Waals surface area contributed by atoms with Gasteiger partial charge in [0, 0.05) is 17.9 Å². The van der Waals surface area contributed by atoms with E-state index >= 15 is 0 Å². The molecule has 0 heterocycles. The summed E-state index contributed by atoms with van der Waals surface area (Å²) in [6.45, 7) is 7.66. The lowest BCUT2D eigenvalue weighted by Crippen LogP contribution is -2.20. The van der Waals surface area contributed by atoms with Gasteiger partial charge in [0.15, 0.2) is 0 Å². The van der Waals surface area contributed by atoms with Crippen molar-refractivity contribution < 1.29 is 19.1 Å². The molecule has 0 aliphatic heterocycles. The maximum absolute atomic E-state index is 11.8. The summed E-state index contributed by atoms with van der Waals surface area (Å²) in [6, 6.07) is 5.06. The Kier molecular flexibility index (Phi) is 7.39. The van der Waals surface area contributed by atoms with Crippen LogP contribution in [0.25, 0.3) is 0 Å². The molecule has 122 valence electrons. The zero-order valence-electron chi connectivity index (χ0n) is 13.5. The maximum atomic E-state index is 11.8. The fourth-order valence-electron chi connectivity index (χ4n) is 1.68. The molecule has 0 spiro atoms. The van der Waals surface area contributed by atoms with E-state index in [9.17, 15) is 9.59 Å². The molecule has 1 atom stereocenters. The van der Waals surface area contributed by atoms with Gasteiger partial charge in [-0.2, -0.15) is 0 Å². The zero-order valence-corrected chi connectivity index (χ0v) is 14.3. The van der Waals surface area contributed by atoms with Crippen molar-refractivity contribution in [3.63, 3.8) is 0 Å². The highest BCUT2D eigenvalue weighted by molar-refractivity contribution is 6.30. The summed E-state index contributed by atoms with van der Waals surface area (Å²) in [6.07, 6.45) is 0.685. The first-order valence-corrected chi connectivity index (χ1v) is 7.83. The molecule has 1 aromatic carbocycles. The molecule has 4 nitrogen and oxygen atoms in total. The summed E-state index contributed by atoms with van der Waals surface area (Å²) in [7, 11) is 0.